The Bertz CT molecular complexity index is 512. The van der Waals surface area contributed by atoms with Crippen molar-refractivity contribution in [2.24, 2.45) is 0 Å². The minimum atomic E-state index is -4.92. The van der Waals surface area contributed by atoms with Crippen LogP contribution in [0, 0.1) is 0 Å². The van der Waals surface area contributed by atoms with Crippen molar-refractivity contribution in [2.45, 2.75) is 103 Å². The van der Waals surface area contributed by atoms with E-state index in [1.807, 2.05) is 0 Å². The Morgan fingerprint density at radius 3 is 1.41 bits per heavy atom. The average molecular weight is 402 g/mol. The lowest BCUT2D eigenvalue weighted by Crippen LogP contribution is -2.32. The Morgan fingerprint density at radius 2 is 1.04 bits per heavy atom. The molecule has 0 unspecified atom stereocenters. The van der Waals surface area contributed by atoms with E-state index < -0.39 is 10.4 Å². The lowest BCUT2D eigenvalue weighted by Gasteiger charge is -2.02. The van der Waals surface area contributed by atoms with Crippen LogP contribution in [0.3, 0.4) is 0 Å². The van der Waals surface area contributed by atoms with Gasteiger partial charge in [0, 0.05) is 18.6 Å². The highest BCUT2D eigenvalue weighted by molar-refractivity contribution is 7.79. The molecule has 0 aliphatic heterocycles. The summed E-state index contributed by atoms with van der Waals surface area (Å²) in [5, 5.41) is 0. The van der Waals surface area contributed by atoms with E-state index in [0.29, 0.717) is 0 Å². The Balaban J connectivity index is 0.00000119. The van der Waals surface area contributed by atoms with Crippen LogP contribution < -0.4 is 4.57 Å². The van der Waals surface area contributed by atoms with Gasteiger partial charge in [0.25, 0.3) is 0 Å². The van der Waals surface area contributed by atoms with Crippen LogP contribution in [-0.4, -0.2) is 17.5 Å². The van der Waals surface area contributed by atoms with E-state index in [4.69, 9.17) is 17.5 Å². The van der Waals surface area contributed by atoms with Crippen molar-refractivity contribution >= 4 is 10.4 Å². The standard InChI is InChI=1S/C21H38N.H2O4S/c1-2-3-4-5-6-7-8-9-10-11-12-13-14-16-19-22-20-17-15-18-21-22;1-5(2,3)4/h15,17-18,20-21H,2-14,16,19H2,1H3;(H2,1,2,3,4)/q+1;/p-1. The van der Waals surface area contributed by atoms with E-state index >= 15 is 0 Å². The van der Waals surface area contributed by atoms with Crippen molar-refractivity contribution < 1.29 is 22.1 Å². The predicted octanol–water partition coefficient (Wildman–Crippen LogP) is 5.46. The van der Waals surface area contributed by atoms with E-state index in [2.05, 4.69) is 42.1 Å². The lowest BCUT2D eigenvalue weighted by atomic mass is 10.0. The van der Waals surface area contributed by atoms with Gasteiger partial charge in [0.2, 0.25) is 10.4 Å². The Hall–Kier alpha value is -0.980. The molecule has 0 spiro atoms. The molecule has 1 aromatic heterocycles. The summed E-state index contributed by atoms with van der Waals surface area (Å²) in [7, 11) is -4.92. The largest absolute Gasteiger partial charge is 0.726 e. The molecule has 0 aliphatic rings. The third kappa shape index (κ3) is 25.0. The van der Waals surface area contributed by atoms with Crippen LogP contribution in [0.5, 0.6) is 0 Å². The first kappa shape index (κ1) is 26.0. The van der Waals surface area contributed by atoms with Crippen LogP contribution in [0.15, 0.2) is 30.6 Å². The molecule has 0 saturated heterocycles. The smallest absolute Gasteiger partial charge is 0.215 e. The molecule has 0 fully saturated rings. The van der Waals surface area contributed by atoms with E-state index in [9.17, 15) is 0 Å². The molecule has 1 aromatic rings. The number of pyridine rings is 1. The summed E-state index contributed by atoms with van der Waals surface area (Å²) in [6.07, 6.45) is 24.4. The van der Waals surface area contributed by atoms with Gasteiger partial charge in [-0.25, -0.2) is 13.0 Å². The molecule has 0 aromatic carbocycles. The molecule has 0 bridgehead atoms. The van der Waals surface area contributed by atoms with Gasteiger partial charge in [-0.1, -0.05) is 90.0 Å². The molecule has 0 radical (unpaired) electrons. The lowest BCUT2D eigenvalue weighted by molar-refractivity contribution is -0.697. The Morgan fingerprint density at radius 1 is 0.704 bits per heavy atom. The SMILES string of the molecule is CCCCCCCCCCCCCCCC[n+]1ccccc1.O=S(=O)([O-])O. The Kier molecular flexibility index (Phi) is 17.7. The second kappa shape index (κ2) is 18.4. The second-order valence-corrected chi connectivity index (χ2v) is 7.99. The minimum Gasteiger partial charge on any atom is -0.726 e. The van der Waals surface area contributed by atoms with Crippen LogP contribution in [0.2, 0.25) is 0 Å². The summed E-state index contributed by atoms with van der Waals surface area (Å²) < 4.78 is 35.1. The van der Waals surface area contributed by atoms with E-state index in [1.165, 1.54) is 96.4 Å². The van der Waals surface area contributed by atoms with E-state index in [1.54, 1.807) is 0 Å². The Labute approximate surface area is 166 Å². The minimum absolute atomic E-state index is 1.18. The van der Waals surface area contributed by atoms with Gasteiger partial charge in [-0.2, -0.15) is 0 Å². The van der Waals surface area contributed by atoms with Crippen LogP contribution in [0.25, 0.3) is 0 Å². The summed E-state index contributed by atoms with van der Waals surface area (Å²) >= 11 is 0. The van der Waals surface area contributed by atoms with Gasteiger partial charge < -0.3 is 4.55 Å². The quantitative estimate of drug-likeness (QED) is 0.183. The number of aryl methyl sites for hydroxylation is 1. The van der Waals surface area contributed by atoms with Gasteiger partial charge in [-0.05, 0) is 6.42 Å². The van der Waals surface area contributed by atoms with Gasteiger partial charge in [-0.3, -0.25) is 4.55 Å². The average Bonchev–Trinajstić information content (AvgIpc) is 2.61. The van der Waals surface area contributed by atoms with E-state index in [-0.39, 0.29) is 0 Å². The van der Waals surface area contributed by atoms with Crippen LogP contribution in [-0.2, 0) is 16.9 Å². The van der Waals surface area contributed by atoms with Crippen molar-refractivity contribution in [2.75, 3.05) is 0 Å². The van der Waals surface area contributed by atoms with Gasteiger partial charge in [-0.15, -0.1) is 0 Å². The fourth-order valence-corrected chi connectivity index (χ4v) is 3.07. The zero-order chi connectivity index (χ0) is 20.2. The zero-order valence-corrected chi connectivity index (χ0v) is 17.8. The van der Waals surface area contributed by atoms with Crippen LogP contribution in [0.4, 0.5) is 0 Å². The first-order chi connectivity index (χ1) is 12.9. The number of rotatable bonds is 15. The molecule has 0 aliphatic carbocycles. The molecule has 5 nitrogen and oxygen atoms in total. The number of hydrogen-bond acceptors (Lipinski definition) is 3. The molecule has 1 rings (SSSR count). The summed E-state index contributed by atoms with van der Waals surface area (Å²) in [6.45, 7) is 3.47. The number of aromatic nitrogens is 1. The maximum absolute atomic E-state index is 8.63. The molecule has 27 heavy (non-hydrogen) atoms. The number of hydrogen-bond donors (Lipinski definition) is 1. The van der Waals surface area contributed by atoms with Crippen molar-refractivity contribution in [1.29, 1.82) is 0 Å². The molecule has 1 heterocycles. The zero-order valence-electron chi connectivity index (χ0n) is 17.0. The summed E-state index contributed by atoms with van der Waals surface area (Å²) in [6, 6.07) is 6.31. The topological polar surface area (TPSA) is 81.3 Å². The summed E-state index contributed by atoms with van der Waals surface area (Å²) in [5.74, 6) is 0. The third-order valence-electron chi connectivity index (χ3n) is 4.55. The summed E-state index contributed by atoms with van der Waals surface area (Å²) in [5.41, 5.74) is 0. The van der Waals surface area contributed by atoms with Gasteiger partial charge in [0.1, 0.15) is 6.54 Å². The monoisotopic (exact) mass is 401 g/mol. The van der Waals surface area contributed by atoms with Gasteiger partial charge >= 0.3 is 0 Å². The number of nitrogens with zero attached hydrogens (tertiary/aromatic N) is 1. The molecule has 6 heteroatoms. The first-order valence-corrected chi connectivity index (χ1v) is 11.9. The third-order valence-corrected chi connectivity index (χ3v) is 4.55. The second-order valence-electron chi connectivity index (χ2n) is 7.14. The fraction of sp³-hybridized carbons (Fsp3) is 0.762. The highest BCUT2D eigenvalue weighted by Crippen LogP contribution is 2.12. The normalized spacial score (nSPS) is 11.1. The maximum Gasteiger partial charge on any atom is 0.215 e. The number of unbranched alkanes of at least 4 members (excludes halogenated alkanes) is 13. The van der Waals surface area contributed by atoms with Crippen molar-refractivity contribution in [3.8, 4) is 0 Å². The predicted molar refractivity (Wildman–Crippen MR) is 109 cm³/mol. The van der Waals surface area contributed by atoms with Crippen molar-refractivity contribution in [1.82, 2.24) is 0 Å². The molecule has 0 saturated carbocycles. The van der Waals surface area contributed by atoms with Crippen LogP contribution in [0.1, 0.15) is 96.8 Å². The van der Waals surface area contributed by atoms with Crippen LogP contribution >= 0.6 is 0 Å². The molecular weight excluding hydrogens is 362 g/mol. The summed E-state index contributed by atoms with van der Waals surface area (Å²) in [4.78, 5) is 0. The molecule has 158 valence electrons. The highest BCUT2D eigenvalue weighted by Gasteiger charge is 1.98. The van der Waals surface area contributed by atoms with E-state index in [0.717, 1.165) is 0 Å². The fourth-order valence-electron chi connectivity index (χ4n) is 3.07. The maximum atomic E-state index is 8.63. The van der Waals surface area contributed by atoms with Gasteiger partial charge in [0.15, 0.2) is 12.4 Å². The molecule has 0 atom stereocenters. The highest BCUT2D eigenvalue weighted by atomic mass is 32.3. The first-order valence-electron chi connectivity index (χ1n) is 10.6. The van der Waals surface area contributed by atoms with Crippen molar-refractivity contribution in [3.63, 3.8) is 0 Å². The van der Waals surface area contributed by atoms with Gasteiger partial charge in [0.05, 0.1) is 0 Å². The molecule has 1 N–H and O–H groups in total. The molecular formula is C21H39NO4S. The van der Waals surface area contributed by atoms with Crippen molar-refractivity contribution in [3.05, 3.63) is 30.6 Å². The molecule has 0 amide bonds.